The molecule has 15 heavy (non-hydrogen) atoms. The highest BCUT2D eigenvalue weighted by molar-refractivity contribution is 6.74. The Balaban J connectivity index is 4.04. The predicted octanol–water partition coefficient (Wildman–Crippen LogP) is 3.77. The van der Waals surface area contributed by atoms with Crippen molar-refractivity contribution in [1.82, 2.24) is 0 Å². The average Bonchev–Trinajstić information content (AvgIpc) is 2.01. The summed E-state index contributed by atoms with van der Waals surface area (Å²) in [5.41, 5.74) is 0. The van der Waals surface area contributed by atoms with Crippen LogP contribution in [0.15, 0.2) is 0 Å². The molecule has 0 saturated heterocycles. The van der Waals surface area contributed by atoms with E-state index in [2.05, 4.69) is 40.8 Å². The molecule has 0 aliphatic carbocycles. The number of carbonyl (C=O) groups excluding carboxylic acids is 1. The molecular weight excluding hydrogens is 204 g/mol. The van der Waals surface area contributed by atoms with Crippen LogP contribution in [0.25, 0.3) is 0 Å². The maximum atomic E-state index is 10.2. The molecule has 0 N–H and O–H groups in total. The summed E-state index contributed by atoms with van der Waals surface area (Å²) in [6.07, 6.45) is 3.86. The molecule has 0 aliphatic heterocycles. The smallest absolute Gasteiger partial charge is 0.192 e. The van der Waals surface area contributed by atoms with Crippen molar-refractivity contribution in [3.05, 3.63) is 0 Å². The van der Waals surface area contributed by atoms with Crippen molar-refractivity contribution in [1.29, 1.82) is 0 Å². The summed E-state index contributed by atoms with van der Waals surface area (Å²) in [6, 6.07) is 0. The Kier molecular flexibility index (Phi) is 5.74. The SMILES string of the molecule is C[C@H](CCCC=O)O[Si](C)(C)C(C)(C)C. The van der Waals surface area contributed by atoms with Gasteiger partial charge in [0.2, 0.25) is 0 Å². The third-order valence-corrected chi connectivity index (χ3v) is 7.84. The van der Waals surface area contributed by atoms with E-state index in [1.807, 2.05) is 0 Å². The molecule has 0 aliphatic rings. The fraction of sp³-hybridized carbons (Fsp3) is 0.917. The monoisotopic (exact) mass is 230 g/mol. The van der Waals surface area contributed by atoms with Crippen LogP contribution in [0.5, 0.6) is 0 Å². The average molecular weight is 230 g/mol. The minimum Gasteiger partial charge on any atom is -0.414 e. The number of hydrogen-bond acceptors (Lipinski definition) is 2. The first-order valence-electron chi connectivity index (χ1n) is 5.82. The standard InChI is InChI=1S/C12H26O2Si/c1-11(9-7-8-10-13)14-15(5,6)12(2,3)4/h10-11H,7-9H2,1-6H3/t11-/m1/s1. The fourth-order valence-electron chi connectivity index (χ4n) is 1.23. The number of rotatable bonds is 6. The van der Waals surface area contributed by atoms with Gasteiger partial charge in [-0.05, 0) is 37.9 Å². The van der Waals surface area contributed by atoms with E-state index >= 15 is 0 Å². The van der Waals surface area contributed by atoms with Crippen molar-refractivity contribution in [2.45, 2.75) is 71.2 Å². The molecule has 0 aromatic carbocycles. The largest absolute Gasteiger partial charge is 0.414 e. The Bertz CT molecular complexity index is 194. The van der Waals surface area contributed by atoms with Crippen LogP contribution in [-0.4, -0.2) is 20.7 Å². The van der Waals surface area contributed by atoms with Gasteiger partial charge in [-0.15, -0.1) is 0 Å². The van der Waals surface area contributed by atoms with Crippen molar-refractivity contribution in [2.24, 2.45) is 0 Å². The Hall–Kier alpha value is -0.153. The van der Waals surface area contributed by atoms with Crippen LogP contribution in [0.2, 0.25) is 18.1 Å². The summed E-state index contributed by atoms with van der Waals surface area (Å²) in [5, 5.41) is 0.270. The van der Waals surface area contributed by atoms with Gasteiger partial charge < -0.3 is 9.22 Å². The van der Waals surface area contributed by atoms with Crippen LogP contribution in [0.3, 0.4) is 0 Å². The lowest BCUT2D eigenvalue weighted by Gasteiger charge is -2.38. The summed E-state index contributed by atoms with van der Waals surface area (Å²) in [5.74, 6) is 0. The second-order valence-corrected chi connectivity index (χ2v) is 10.5. The number of carbonyl (C=O) groups is 1. The number of unbranched alkanes of at least 4 members (excludes halogenated alkanes) is 1. The van der Waals surface area contributed by atoms with E-state index in [0.29, 0.717) is 6.42 Å². The third-order valence-electron chi connectivity index (χ3n) is 3.23. The Morgan fingerprint density at radius 1 is 1.33 bits per heavy atom. The molecule has 0 radical (unpaired) electrons. The van der Waals surface area contributed by atoms with Gasteiger partial charge in [0, 0.05) is 12.5 Å². The lowest BCUT2D eigenvalue weighted by atomic mass is 10.2. The summed E-state index contributed by atoms with van der Waals surface area (Å²) in [4.78, 5) is 10.2. The first kappa shape index (κ1) is 14.8. The van der Waals surface area contributed by atoms with Crippen LogP contribution in [-0.2, 0) is 9.22 Å². The molecule has 0 saturated carbocycles. The van der Waals surface area contributed by atoms with Gasteiger partial charge in [-0.1, -0.05) is 20.8 Å². The Morgan fingerprint density at radius 2 is 1.87 bits per heavy atom. The molecule has 0 heterocycles. The van der Waals surface area contributed by atoms with Crippen molar-refractivity contribution >= 4 is 14.6 Å². The predicted molar refractivity (Wildman–Crippen MR) is 67.7 cm³/mol. The van der Waals surface area contributed by atoms with E-state index in [-0.39, 0.29) is 11.1 Å². The second kappa shape index (κ2) is 5.80. The van der Waals surface area contributed by atoms with Crippen molar-refractivity contribution in [3.63, 3.8) is 0 Å². The van der Waals surface area contributed by atoms with Crippen LogP contribution in [0.1, 0.15) is 47.0 Å². The molecule has 2 nitrogen and oxygen atoms in total. The van der Waals surface area contributed by atoms with Crippen molar-refractivity contribution in [3.8, 4) is 0 Å². The highest BCUT2D eigenvalue weighted by Crippen LogP contribution is 2.37. The van der Waals surface area contributed by atoms with E-state index in [0.717, 1.165) is 19.1 Å². The summed E-state index contributed by atoms with van der Waals surface area (Å²) in [7, 11) is -1.62. The molecule has 0 amide bonds. The van der Waals surface area contributed by atoms with Gasteiger partial charge >= 0.3 is 0 Å². The van der Waals surface area contributed by atoms with Crippen molar-refractivity contribution < 1.29 is 9.22 Å². The first-order valence-corrected chi connectivity index (χ1v) is 8.73. The summed E-state index contributed by atoms with van der Waals surface area (Å²) >= 11 is 0. The molecule has 0 aromatic heterocycles. The topological polar surface area (TPSA) is 26.3 Å². The zero-order chi connectivity index (χ0) is 12.1. The van der Waals surface area contributed by atoms with Crippen molar-refractivity contribution in [2.75, 3.05) is 0 Å². The molecule has 0 bridgehead atoms. The second-order valence-electron chi connectivity index (χ2n) is 5.79. The highest BCUT2D eigenvalue weighted by Gasteiger charge is 2.38. The highest BCUT2D eigenvalue weighted by atomic mass is 28.4. The lowest BCUT2D eigenvalue weighted by molar-refractivity contribution is -0.108. The van der Waals surface area contributed by atoms with E-state index in [1.165, 1.54) is 0 Å². The molecule has 0 aromatic rings. The van der Waals surface area contributed by atoms with E-state index in [4.69, 9.17) is 4.43 Å². The van der Waals surface area contributed by atoms with Gasteiger partial charge in [-0.2, -0.15) is 0 Å². The zero-order valence-electron chi connectivity index (χ0n) is 11.1. The van der Waals surface area contributed by atoms with Crippen LogP contribution in [0.4, 0.5) is 0 Å². The van der Waals surface area contributed by atoms with Gasteiger partial charge in [0.1, 0.15) is 6.29 Å². The van der Waals surface area contributed by atoms with Gasteiger partial charge in [-0.3, -0.25) is 0 Å². The quantitative estimate of drug-likeness (QED) is 0.394. The molecule has 0 fully saturated rings. The Morgan fingerprint density at radius 3 is 2.27 bits per heavy atom. The van der Waals surface area contributed by atoms with E-state index in [1.54, 1.807) is 0 Å². The van der Waals surface area contributed by atoms with Crippen LogP contribution < -0.4 is 0 Å². The summed E-state index contributed by atoms with van der Waals surface area (Å²) in [6.45, 7) is 13.4. The van der Waals surface area contributed by atoms with Gasteiger partial charge in [0.15, 0.2) is 8.32 Å². The molecular formula is C12H26O2Si. The van der Waals surface area contributed by atoms with Gasteiger partial charge in [0.05, 0.1) is 0 Å². The zero-order valence-corrected chi connectivity index (χ0v) is 12.1. The van der Waals surface area contributed by atoms with E-state index in [9.17, 15) is 4.79 Å². The maximum Gasteiger partial charge on any atom is 0.192 e. The molecule has 3 heteroatoms. The normalized spacial score (nSPS) is 15.1. The molecule has 0 rings (SSSR count). The molecule has 0 unspecified atom stereocenters. The number of aldehydes is 1. The summed E-state index contributed by atoms with van der Waals surface area (Å²) < 4.78 is 6.17. The lowest BCUT2D eigenvalue weighted by Crippen LogP contribution is -2.43. The molecule has 1 atom stereocenters. The third kappa shape index (κ3) is 5.47. The molecule has 90 valence electrons. The maximum absolute atomic E-state index is 10.2. The van der Waals surface area contributed by atoms with Crippen LogP contribution in [0, 0.1) is 0 Å². The van der Waals surface area contributed by atoms with Crippen LogP contribution >= 0.6 is 0 Å². The first-order chi connectivity index (χ1) is 6.70. The number of hydrogen-bond donors (Lipinski definition) is 0. The van der Waals surface area contributed by atoms with Gasteiger partial charge in [-0.25, -0.2) is 0 Å². The van der Waals surface area contributed by atoms with E-state index < -0.39 is 8.32 Å². The fourth-order valence-corrected chi connectivity index (χ4v) is 2.70. The minimum absolute atomic E-state index is 0.270. The van der Waals surface area contributed by atoms with Gasteiger partial charge in [0.25, 0.3) is 0 Å². The minimum atomic E-state index is -1.62. The molecule has 0 spiro atoms. The Labute approximate surface area is 95.5 Å².